The SMILES string of the molecule is COC(=O)c1c(NC(=O)CSc2nccn2C)sc2c1CCC(C)C2. The monoisotopic (exact) mass is 379 g/mol. The van der Waals surface area contributed by atoms with Crippen LogP contribution in [0.4, 0.5) is 5.00 Å². The zero-order valence-corrected chi connectivity index (χ0v) is 16.1. The summed E-state index contributed by atoms with van der Waals surface area (Å²) in [5, 5.41) is 4.29. The Morgan fingerprint density at radius 3 is 3.00 bits per heavy atom. The lowest BCUT2D eigenvalue weighted by Gasteiger charge is -2.18. The van der Waals surface area contributed by atoms with E-state index in [0.717, 1.165) is 30.0 Å². The lowest BCUT2D eigenvalue weighted by molar-refractivity contribution is -0.113. The fourth-order valence-corrected chi connectivity index (χ4v) is 5.09. The standard InChI is InChI=1S/C17H21N3O3S2/c1-10-4-5-11-12(8-10)25-15(14(11)16(22)23-3)19-13(21)9-24-17-18-6-7-20(17)2/h6-7,10H,4-5,8-9H2,1-3H3,(H,19,21). The number of ether oxygens (including phenoxy) is 1. The lowest BCUT2D eigenvalue weighted by Crippen LogP contribution is -2.17. The van der Waals surface area contributed by atoms with Gasteiger partial charge < -0.3 is 14.6 Å². The first kappa shape index (κ1) is 18.0. The third kappa shape index (κ3) is 3.90. The van der Waals surface area contributed by atoms with Gasteiger partial charge in [-0.3, -0.25) is 4.79 Å². The number of aryl methyl sites for hydroxylation is 1. The molecule has 0 bridgehead atoms. The molecule has 0 saturated carbocycles. The number of thioether (sulfide) groups is 1. The highest BCUT2D eigenvalue weighted by atomic mass is 32.2. The molecule has 0 radical (unpaired) electrons. The van der Waals surface area contributed by atoms with Crippen LogP contribution >= 0.6 is 23.1 Å². The Balaban J connectivity index is 1.76. The van der Waals surface area contributed by atoms with Gasteiger partial charge >= 0.3 is 5.97 Å². The molecule has 6 nitrogen and oxygen atoms in total. The third-order valence-electron chi connectivity index (χ3n) is 4.26. The Hall–Kier alpha value is -1.80. The Kier molecular flexibility index (Phi) is 5.48. The van der Waals surface area contributed by atoms with Crippen LogP contribution in [-0.4, -0.2) is 34.3 Å². The third-order valence-corrected chi connectivity index (χ3v) is 6.49. The summed E-state index contributed by atoms with van der Waals surface area (Å²) in [4.78, 5) is 30.0. The number of anilines is 1. The minimum absolute atomic E-state index is 0.148. The van der Waals surface area contributed by atoms with Crippen LogP contribution < -0.4 is 5.32 Å². The topological polar surface area (TPSA) is 73.2 Å². The molecule has 0 spiro atoms. The summed E-state index contributed by atoms with van der Waals surface area (Å²) in [6.07, 6.45) is 6.39. The van der Waals surface area contributed by atoms with Gasteiger partial charge in [0, 0.05) is 24.3 Å². The van der Waals surface area contributed by atoms with Gasteiger partial charge in [-0.2, -0.15) is 0 Å². The van der Waals surface area contributed by atoms with Crippen molar-refractivity contribution in [3.63, 3.8) is 0 Å². The molecule has 1 N–H and O–H groups in total. The van der Waals surface area contributed by atoms with Crippen LogP contribution in [0, 0.1) is 5.92 Å². The molecule has 1 aliphatic rings. The summed E-state index contributed by atoms with van der Waals surface area (Å²) in [7, 11) is 3.26. The van der Waals surface area contributed by atoms with Crippen LogP contribution in [0.25, 0.3) is 0 Å². The molecule has 134 valence electrons. The quantitative estimate of drug-likeness (QED) is 0.638. The molecule has 1 aliphatic carbocycles. The number of carbonyl (C=O) groups excluding carboxylic acids is 2. The fourth-order valence-electron chi connectivity index (χ4n) is 2.94. The number of thiophene rings is 1. The molecule has 25 heavy (non-hydrogen) atoms. The molecule has 2 aromatic heterocycles. The second-order valence-electron chi connectivity index (χ2n) is 6.21. The Morgan fingerprint density at radius 2 is 2.32 bits per heavy atom. The van der Waals surface area contributed by atoms with Crippen LogP contribution in [0.5, 0.6) is 0 Å². The van der Waals surface area contributed by atoms with E-state index in [1.165, 1.54) is 35.1 Å². The maximum absolute atomic E-state index is 12.3. The summed E-state index contributed by atoms with van der Waals surface area (Å²) in [6.45, 7) is 2.21. The number of rotatable bonds is 5. The van der Waals surface area contributed by atoms with Gasteiger partial charge in [-0.05, 0) is 30.7 Å². The smallest absolute Gasteiger partial charge is 0.341 e. The Labute approximate surface area is 155 Å². The molecule has 1 atom stereocenters. The second kappa shape index (κ2) is 7.61. The number of hydrogen-bond acceptors (Lipinski definition) is 6. The minimum Gasteiger partial charge on any atom is -0.465 e. The van der Waals surface area contributed by atoms with Crippen LogP contribution in [0.15, 0.2) is 17.6 Å². The summed E-state index contributed by atoms with van der Waals surface area (Å²) in [6, 6.07) is 0. The van der Waals surface area contributed by atoms with Crippen molar-refractivity contribution in [2.75, 3.05) is 18.2 Å². The van der Waals surface area contributed by atoms with Gasteiger partial charge in [0.15, 0.2) is 5.16 Å². The van der Waals surface area contributed by atoms with Gasteiger partial charge in [0.2, 0.25) is 5.91 Å². The van der Waals surface area contributed by atoms with Crippen LogP contribution in [0.2, 0.25) is 0 Å². The number of nitrogens with zero attached hydrogens (tertiary/aromatic N) is 2. The molecule has 0 aliphatic heterocycles. The molecule has 0 aromatic carbocycles. The molecule has 0 fully saturated rings. The molecular weight excluding hydrogens is 358 g/mol. The van der Waals surface area contributed by atoms with Crippen LogP contribution in [0.3, 0.4) is 0 Å². The number of esters is 1. The van der Waals surface area contributed by atoms with Crippen molar-refractivity contribution in [1.29, 1.82) is 0 Å². The Bertz CT molecular complexity index is 797. The predicted molar refractivity (Wildman–Crippen MR) is 99.4 cm³/mol. The number of fused-ring (bicyclic) bond motifs is 1. The number of amides is 1. The number of methoxy groups -OCH3 is 1. The number of imidazole rings is 1. The van der Waals surface area contributed by atoms with E-state index >= 15 is 0 Å². The van der Waals surface area contributed by atoms with Gasteiger partial charge in [0.1, 0.15) is 5.00 Å². The first-order valence-electron chi connectivity index (χ1n) is 8.12. The van der Waals surface area contributed by atoms with Crippen molar-refractivity contribution in [2.24, 2.45) is 13.0 Å². The summed E-state index contributed by atoms with van der Waals surface area (Å²) in [5.41, 5.74) is 1.58. The highest BCUT2D eigenvalue weighted by Gasteiger charge is 2.28. The maximum atomic E-state index is 12.3. The van der Waals surface area contributed by atoms with Gasteiger partial charge in [0.25, 0.3) is 0 Å². The number of nitrogens with one attached hydrogen (secondary N) is 1. The van der Waals surface area contributed by atoms with Crippen LogP contribution in [0.1, 0.15) is 34.1 Å². The van der Waals surface area contributed by atoms with E-state index in [9.17, 15) is 9.59 Å². The van der Waals surface area contributed by atoms with E-state index in [2.05, 4.69) is 17.2 Å². The van der Waals surface area contributed by atoms with Crippen molar-refractivity contribution < 1.29 is 14.3 Å². The molecule has 1 unspecified atom stereocenters. The van der Waals surface area contributed by atoms with Crippen molar-refractivity contribution in [1.82, 2.24) is 9.55 Å². The fraction of sp³-hybridized carbons (Fsp3) is 0.471. The summed E-state index contributed by atoms with van der Waals surface area (Å²) < 4.78 is 6.81. The normalized spacial score (nSPS) is 16.4. The van der Waals surface area contributed by atoms with Crippen molar-refractivity contribution in [3.8, 4) is 0 Å². The number of hydrogen-bond donors (Lipinski definition) is 1. The van der Waals surface area contributed by atoms with E-state index in [4.69, 9.17) is 4.74 Å². The highest BCUT2D eigenvalue weighted by Crippen LogP contribution is 2.40. The maximum Gasteiger partial charge on any atom is 0.341 e. The van der Waals surface area contributed by atoms with Crippen molar-refractivity contribution in [2.45, 2.75) is 31.3 Å². The summed E-state index contributed by atoms with van der Waals surface area (Å²) >= 11 is 2.87. The van der Waals surface area contributed by atoms with E-state index in [1.807, 2.05) is 17.8 Å². The first-order chi connectivity index (χ1) is 12.0. The van der Waals surface area contributed by atoms with Crippen molar-refractivity contribution >= 4 is 40.0 Å². The minimum atomic E-state index is -0.376. The Morgan fingerprint density at radius 1 is 1.52 bits per heavy atom. The van der Waals surface area contributed by atoms with Crippen LogP contribution in [-0.2, 0) is 29.4 Å². The molecular formula is C17H21N3O3S2. The molecule has 0 saturated heterocycles. The van der Waals surface area contributed by atoms with Gasteiger partial charge in [-0.15, -0.1) is 11.3 Å². The van der Waals surface area contributed by atoms with Gasteiger partial charge in [-0.1, -0.05) is 18.7 Å². The van der Waals surface area contributed by atoms with E-state index in [-0.39, 0.29) is 17.6 Å². The van der Waals surface area contributed by atoms with Gasteiger partial charge in [-0.25, -0.2) is 9.78 Å². The number of carbonyl (C=O) groups is 2. The predicted octanol–water partition coefficient (Wildman–Crippen LogP) is 3.12. The van der Waals surface area contributed by atoms with Crippen molar-refractivity contribution in [3.05, 3.63) is 28.4 Å². The molecule has 1 amide bonds. The highest BCUT2D eigenvalue weighted by molar-refractivity contribution is 7.99. The van der Waals surface area contributed by atoms with Gasteiger partial charge in [0.05, 0.1) is 18.4 Å². The zero-order valence-electron chi connectivity index (χ0n) is 14.5. The largest absolute Gasteiger partial charge is 0.465 e. The lowest BCUT2D eigenvalue weighted by atomic mass is 9.88. The average Bonchev–Trinajstić information content (AvgIpc) is 3.14. The van der Waals surface area contributed by atoms with E-state index < -0.39 is 0 Å². The molecule has 8 heteroatoms. The summed E-state index contributed by atoms with van der Waals surface area (Å²) in [5.74, 6) is 0.313. The van der Waals surface area contributed by atoms with E-state index in [1.54, 1.807) is 6.20 Å². The molecule has 2 heterocycles. The van der Waals surface area contributed by atoms with E-state index in [0.29, 0.717) is 16.5 Å². The second-order valence-corrected chi connectivity index (χ2v) is 8.25. The average molecular weight is 380 g/mol. The zero-order chi connectivity index (χ0) is 18.0. The molecule has 2 aromatic rings. The number of aromatic nitrogens is 2. The first-order valence-corrected chi connectivity index (χ1v) is 9.92. The molecule has 3 rings (SSSR count).